The minimum atomic E-state index is -0.996. The van der Waals surface area contributed by atoms with Gasteiger partial charge in [-0.25, -0.2) is 4.79 Å². The van der Waals surface area contributed by atoms with Crippen LogP contribution in [0.4, 0.5) is 11.4 Å². The Morgan fingerprint density at radius 3 is 2.60 bits per heavy atom. The normalized spacial score (nSPS) is 15.8. The molecule has 178 valence electrons. The molecule has 0 saturated carbocycles. The van der Waals surface area contributed by atoms with Crippen LogP contribution in [0.1, 0.15) is 18.5 Å². The highest BCUT2D eigenvalue weighted by Gasteiger charge is 2.27. The van der Waals surface area contributed by atoms with Gasteiger partial charge in [0.05, 0.1) is 12.2 Å². The van der Waals surface area contributed by atoms with Crippen LogP contribution in [0.2, 0.25) is 0 Å². The number of ether oxygens (including phenoxy) is 2. The van der Waals surface area contributed by atoms with Crippen LogP contribution in [0, 0.1) is 0 Å². The fraction of sp³-hybridized carbons (Fsp3) is 0.207. The summed E-state index contributed by atoms with van der Waals surface area (Å²) in [7, 11) is 0. The molecule has 6 nitrogen and oxygen atoms in total. The molecule has 2 N–H and O–H groups in total. The third kappa shape index (κ3) is 5.08. The summed E-state index contributed by atoms with van der Waals surface area (Å²) in [5.41, 5.74) is 3.27. The largest absolute Gasteiger partial charge is 0.485 e. The number of nitrogens with zero attached hydrogens (tertiary/aromatic N) is 1. The molecule has 0 amide bonds. The molecule has 2 unspecified atom stereocenters. The number of aliphatic carboxylic acids is 1. The third-order valence-electron chi connectivity index (χ3n) is 6.29. The van der Waals surface area contributed by atoms with Crippen molar-refractivity contribution in [3.63, 3.8) is 0 Å². The standard InChI is InChI=1S/C29H28N2O4/c1-20(25-10-6-8-21-7-2-3-9-26(21)25)30-17-24-18-31(27-11-4-5-12-28(27)35-24)22-13-15-23(16-14-22)34-19-29(32)33/h2-16,20,24,30H,17-19H2,1H3,(H,32,33). The van der Waals surface area contributed by atoms with E-state index in [4.69, 9.17) is 14.6 Å². The molecule has 0 aromatic heterocycles. The number of benzene rings is 4. The zero-order chi connectivity index (χ0) is 24.2. The summed E-state index contributed by atoms with van der Waals surface area (Å²) in [6.45, 7) is 3.20. The Bertz CT molecular complexity index is 1320. The van der Waals surface area contributed by atoms with E-state index in [1.807, 2.05) is 36.4 Å². The highest BCUT2D eigenvalue weighted by atomic mass is 16.5. The summed E-state index contributed by atoms with van der Waals surface area (Å²) in [5.74, 6) is 0.374. The smallest absolute Gasteiger partial charge is 0.341 e. The Balaban J connectivity index is 1.32. The summed E-state index contributed by atoms with van der Waals surface area (Å²) in [6, 6.07) is 30.6. The number of carboxylic acids is 1. The summed E-state index contributed by atoms with van der Waals surface area (Å²) < 4.78 is 11.6. The van der Waals surface area contributed by atoms with Crippen molar-refractivity contribution in [3.8, 4) is 11.5 Å². The van der Waals surface area contributed by atoms with Crippen molar-refractivity contribution < 1.29 is 19.4 Å². The van der Waals surface area contributed by atoms with E-state index in [2.05, 4.69) is 59.6 Å². The van der Waals surface area contributed by atoms with Gasteiger partial charge >= 0.3 is 5.97 Å². The molecule has 4 aromatic carbocycles. The van der Waals surface area contributed by atoms with Gasteiger partial charge in [0.1, 0.15) is 17.6 Å². The van der Waals surface area contributed by atoms with Crippen molar-refractivity contribution in [1.82, 2.24) is 5.32 Å². The lowest BCUT2D eigenvalue weighted by Crippen LogP contribution is -2.44. The van der Waals surface area contributed by atoms with Gasteiger partial charge in [-0.1, -0.05) is 54.6 Å². The first-order chi connectivity index (χ1) is 17.1. The summed E-state index contributed by atoms with van der Waals surface area (Å²) >= 11 is 0. The van der Waals surface area contributed by atoms with E-state index in [9.17, 15) is 4.79 Å². The van der Waals surface area contributed by atoms with E-state index in [0.29, 0.717) is 18.8 Å². The summed E-state index contributed by atoms with van der Waals surface area (Å²) in [6.07, 6.45) is -0.0507. The van der Waals surface area contributed by atoms with Crippen LogP contribution in [-0.4, -0.2) is 36.9 Å². The second-order valence-electron chi connectivity index (χ2n) is 8.69. The molecule has 35 heavy (non-hydrogen) atoms. The number of carbonyl (C=O) groups is 1. The molecule has 0 bridgehead atoms. The highest BCUT2D eigenvalue weighted by molar-refractivity contribution is 5.86. The van der Waals surface area contributed by atoms with Crippen molar-refractivity contribution in [2.45, 2.75) is 19.1 Å². The Morgan fingerprint density at radius 2 is 1.77 bits per heavy atom. The predicted molar refractivity (Wildman–Crippen MR) is 138 cm³/mol. The lowest BCUT2D eigenvalue weighted by molar-refractivity contribution is -0.139. The minimum absolute atomic E-state index is 0.0507. The quantitative estimate of drug-likeness (QED) is 0.353. The molecule has 5 rings (SSSR count). The SMILES string of the molecule is CC(NCC1CN(c2ccc(OCC(=O)O)cc2)c2ccccc2O1)c1cccc2ccccc12. The monoisotopic (exact) mass is 468 g/mol. The van der Waals surface area contributed by atoms with Crippen molar-refractivity contribution in [2.75, 3.05) is 24.6 Å². The zero-order valence-electron chi connectivity index (χ0n) is 19.6. The number of fused-ring (bicyclic) bond motifs is 2. The van der Waals surface area contributed by atoms with Gasteiger partial charge < -0.3 is 24.8 Å². The number of nitrogens with one attached hydrogen (secondary N) is 1. The molecular weight excluding hydrogens is 440 g/mol. The number of hydrogen-bond acceptors (Lipinski definition) is 5. The number of rotatable bonds is 8. The van der Waals surface area contributed by atoms with E-state index in [1.165, 1.54) is 16.3 Å². The Morgan fingerprint density at radius 1 is 1.03 bits per heavy atom. The van der Waals surface area contributed by atoms with E-state index in [1.54, 1.807) is 12.1 Å². The molecule has 0 fully saturated rings. The second-order valence-corrected chi connectivity index (χ2v) is 8.69. The Hall–Kier alpha value is -4.03. The lowest BCUT2D eigenvalue weighted by atomic mass is 9.99. The van der Waals surface area contributed by atoms with Crippen LogP contribution in [0.15, 0.2) is 91.0 Å². The van der Waals surface area contributed by atoms with Gasteiger partial charge in [0.25, 0.3) is 0 Å². The van der Waals surface area contributed by atoms with E-state index in [-0.39, 0.29) is 18.8 Å². The maximum absolute atomic E-state index is 10.8. The molecule has 0 saturated heterocycles. The number of anilines is 2. The van der Waals surface area contributed by atoms with Crippen LogP contribution in [0.3, 0.4) is 0 Å². The molecule has 0 radical (unpaired) electrons. The van der Waals surface area contributed by atoms with Crippen molar-refractivity contribution >= 4 is 28.1 Å². The van der Waals surface area contributed by atoms with Crippen molar-refractivity contribution in [2.24, 2.45) is 0 Å². The fourth-order valence-electron chi connectivity index (χ4n) is 4.56. The number of para-hydroxylation sites is 2. The molecule has 1 aliphatic rings. The van der Waals surface area contributed by atoms with Gasteiger partial charge in [-0.05, 0) is 59.7 Å². The van der Waals surface area contributed by atoms with Gasteiger partial charge in [-0.15, -0.1) is 0 Å². The molecule has 4 aromatic rings. The van der Waals surface area contributed by atoms with E-state index in [0.717, 1.165) is 17.1 Å². The molecule has 1 heterocycles. The lowest BCUT2D eigenvalue weighted by Gasteiger charge is -2.37. The summed E-state index contributed by atoms with van der Waals surface area (Å²) in [5, 5.41) is 15.0. The number of hydrogen-bond donors (Lipinski definition) is 2. The predicted octanol–water partition coefficient (Wildman–Crippen LogP) is 5.55. The third-order valence-corrected chi connectivity index (χ3v) is 6.29. The van der Waals surface area contributed by atoms with Gasteiger partial charge in [0.15, 0.2) is 6.61 Å². The molecule has 0 spiro atoms. The van der Waals surface area contributed by atoms with Crippen molar-refractivity contribution in [1.29, 1.82) is 0 Å². The summed E-state index contributed by atoms with van der Waals surface area (Å²) in [4.78, 5) is 13.0. The van der Waals surface area contributed by atoms with Crippen LogP contribution in [0.25, 0.3) is 10.8 Å². The Kier molecular flexibility index (Phi) is 6.55. The minimum Gasteiger partial charge on any atom is -0.485 e. The maximum Gasteiger partial charge on any atom is 0.341 e. The second kappa shape index (κ2) is 10.1. The van der Waals surface area contributed by atoms with E-state index >= 15 is 0 Å². The Labute approximate surface area is 204 Å². The van der Waals surface area contributed by atoms with Crippen LogP contribution in [0.5, 0.6) is 11.5 Å². The number of carboxylic acid groups (broad SMARTS) is 1. The van der Waals surface area contributed by atoms with Gasteiger partial charge in [-0.2, -0.15) is 0 Å². The topological polar surface area (TPSA) is 71.0 Å². The van der Waals surface area contributed by atoms with Crippen LogP contribution in [-0.2, 0) is 4.79 Å². The van der Waals surface area contributed by atoms with Gasteiger partial charge in [0.2, 0.25) is 0 Å². The van der Waals surface area contributed by atoms with Crippen molar-refractivity contribution in [3.05, 3.63) is 96.6 Å². The molecular formula is C29H28N2O4. The molecule has 0 aliphatic carbocycles. The molecule has 2 atom stereocenters. The van der Waals surface area contributed by atoms with Gasteiger partial charge in [0, 0.05) is 18.3 Å². The average Bonchev–Trinajstić information content (AvgIpc) is 2.90. The maximum atomic E-state index is 10.8. The van der Waals surface area contributed by atoms with Crippen LogP contribution < -0.4 is 19.7 Å². The first-order valence-electron chi connectivity index (χ1n) is 11.8. The first-order valence-corrected chi connectivity index (χ1v) is 11.8. The molecule has 1 aliphatic heterocycles. The zero-order valence-corrected chi connectivity index (χ0v) is 19.6. The van der Waals surface area contributed by atoms with Crippen LogP contribution >= 0.6 is 0 Å². The van der Waals surface area contributed by atoms with Gasteiger partial charge in [-0.3, -0.25) is 0 Å². The average molecular weight is 469 g/mol. The fourth-order valence-corrected chi connectivity index (χ4v) is 4.56. The highest BCUT2D eigenvalue weighted by Crippen LogP contribution is 2.38. The van der Waals surface area contributed by atoms with E-state index < -0.39 is 5.97 Å². The molecule has 6 heteroatoms. The first kappa shape index (κ1) is 22.7.